The largest absolute Gasteiger partial charge is 0.490 e. The summed E-state index contributed by atoms with van der Waals surface area (Å²) in [6.45, 7) is 3.28. The van der Waals surface area contributed by atoms with E-state index in [0.717, 1.165) is 19.6 Å². The Labute approximate surface area is 117 Å². The number of rotatable bonds is 4. The lowest BCUT2D eigenvalue weighted by Crippen LogP contribution is -2.53. The molecule has 0 radical (unpaired) electrons. The summed E-state index contributed by atoms with van der Waals surface area (Å²) in [6.07, 6.45) is 2.35. The van der Waals surface area contributed by atoms with Gasteiger partial charge in [-0.15, -0.1) is 0 Å². The van der Waals surface area contributed by atoms with Crippen LogP contribution in [0.2, 0.25) is 0 Å². The number of piperidine rings is 3. The van der Waals surface area contributed by atoms with Crippen molar-refractivity contribution < 1.29 is 9.66 Å². The summed E-state index contributed by atoms with van der Waals surface area (Å²) in [5.74, 6) is 0.923. The average molecular weight is 277 g/mol. The number of methoxy groups -OCH3 is 1. The number of para-hydroxylation sites is 1. The fourth-order valence-corrected chi connectivity index (χ4v) is 3.32. The Morgan fingerprint density at radius 3 is 2.70 bits per heavy atom. The first-order chi connectivity index (χ1) is 9.69. The molecule has 3 fully saturated rings. The third-order valence-electron chi connectivity index (χ3n) is 4.40. The summed E-state index contributed by atoms with van der Waals surface area (Å²) in [7, 11) is 1.46. The van der Waals surface area contributed by atoms with Crippen LogP contribution < -0.4 is 10.1 Å². The van der Waals surface area contributed by atoms with E-state index < -0.39 is 0 Å². The first kappa shape index (κ1) is 13.2. The molecule has 1 aromatic rings. The molecule has 20 heavy (non-hydrogen) atoms. The monoisotopic (exact) mass is 277 g/mol. The normalized spacial score (nSPS) is 28.1. The van der Waals surface area contributed by atoms with Crippen molar-refractivity contribution in [2.75, 3.05) is 32.1 Å². The van der Waals surface area contributed by atoms with E-state index in [-0.39, 0.29) is 10.6 Å². The SMILES string of the molecule is COc1cccc(NC2CN3CCC2CC3)c1[N+](=O)[O-]. The topological polar surface area (TPSA) is 67.6 Å². The molecule has 3 aliphatic heterocycles. The standard InChI is InChI=1S/C14H19N3O3/c1-20-13-4-2-3-11(14(13)17(18)19)15-12-9-16-7-5-10(12)6-8-16/h2-4,10,12,15H,5-9H2,1H3. The van der Waals surface area contributed by atoms with Gasteiger partial charge in [0.25, 0.3) is 0 Å². The Balaban J connectivity index is 1.85. The molecule has 6 nitrogen and oxygen atoms in total. The Hall–Kier alpha value is -1.82. The van der Waals surface area contributed by atoms with Crippen molar-refractivity contribution in [3.05, 3.63) is 28.3 Å². The number of hydrogen-bond acceptors (Lipinski definition) is 5. The number of hydrogen-bond donors (Lipinski definition) is 1. The van der Waals surface area contributed by atoms with Gasteiger partial charge < -0.3 is 15.0 Å². The van der Waals surface area contributed by atoms with Crippen LogP contribution in [0.3, 0.4) is 0 Å². The maximum absolute atomic E-state index is 11.3. The summed E-state index contributed by atoms with van der Waals surface area (Å²) in [5, 5.41) is 14.7. The molecule has 3 aliphatic rings. The van der Waals surface area contributed by atoms with Gasteiger partial charge in [-0.2, -0.15) is 0 Å². The van der Waals surface area contributed by atoms with Crippen LogP contribution in [0.25, 0.3) is 0 Å². The molecule has 1 aromatic carbocycles. The Morgan fingerprint density at radius 1 is 1.40 bits per heavy atom. The predicted molar refractivity (Wildman–Crippen MR) is 76.2 cm³/mol. The minimum absolute atomic E-state index is 0.0337. The van der Waals surface area contributed by atoms with Crippen LogP contribution in [0.15, 0.2) is 18.2 Å². The highest BCUT2D eigenvalue weighted by Crippen LogP contribution is 2.37. The lowest BCUT2D eigenvalue weighted by atomic mass is 9.84. The van der Waals surface area contributed by atoms with E-state index in [1.807, 2.05) is 0 Å². The molecule has 0 amide bonds. The van der Waals surface area contributed by atoms with Crippen LogP contribution in [0, 0.1) is 16.0 Å². The third kappa shape index (κ3) is 2.31. The minimum atomic E-state index is -0.372. The maximum Gasteiger partial charge on any atom is 0.333 e. The maximum atomic E-state index is 11.3. The zero-order valence-electron chi connectivity index (χ0n) is 11.5. The molecule has 0 saturated carbocycles. The highest BCUT2D eigenvalue weighted by atomic mass is 16.6. The highest BCUT2D eigenvalue weighted by Gasteiger charge is 2.35. The van der Waals surface area contributed by atoms with Gasteiger partial charge in [-0.3, -0.25) is 10.1 Å². The fraction of sp³-hybridized carbons (Fsp3) is 0.571. The van der Waals surface area contributed by atoms with E-state index in [4.69, 9.17) is 4.74 Å². The number of nitro benzene ring substituents is 1. The van der Waals surface area contributed by atoms with Crippen LogP contribution in [0.5, 0.6) is 5.75 Å². The molecule has 2 bridgehead atoms. The van der Waals surface area contributed by atoms with Gasteiger partial charge in [-0.1, -0.05) is 6.07 Å². The second-order valence-electron chi connectivity index (χ2n) is 5.50. The van der Waals surface area contributed by atoms with Gasteiger partial charge in [0.2, 0.25) is 0 Å². The number of nitrogens with one attached hydrogen (secondary N) is 1. The number of nitrogens with zero attached hydrogens (tertiary/aromatic N) is 2. The summed E-state index contributed by atoms with van der Waals surface area (Å²) in [4.78, 5) is 13.3. The zero-order chi connectivity index (χ0) is 14.1. The Kier molecular flexibility index (Phi) is 3.48. The molecule has 1 N–H and O–H groups in total. The number of fused-ring (bicyclic) bond motifs is 3. The van der Waals surface area contributed by atoms with Crippen molar-refractivity contribution >= 4 is 11.4 Å². The zero-order valence-corrected chi connectivity index (χ0v) is 11.5. The van der Waals surface area contributed by atoms with Gasteiger partial charge in [0.05, 0.1) is 12.0 Å². The first-order valence-electron chi connectivity index (χ1n) is 6.99. The molecule has 0 aromatic heterocycles. The average Bonchev–Trinajstić information content (AvgIpc) is 2.48. The number of benzene rings is 1. The fourth-order valence-electron chi connectivity index (χ4n) is 3.32. The first-order valence-corrected chi connectivity index (χ1v) is 6.99. The van der Waals surface area contributed by atoms with Crippen LogP contribution in [-0.4, -0.2) is 42.6 Å². The van der Waals surface area contributed by atoms with E-state index in [9.17, 15) is 10.1 Å². The smallest absolute Gasteiger partial charge is 0.333 e. The van der Waals surface area contributed by atoms with Crippen molar-refractivity contribution in [2.24, 2.45) is 5.92 Å². The molecular weight excluding hydrogens is 258 g/mol. The van der Waals surface area contributed by atoms with E-state index in [0.29, 0.717) is 23.4 Å². The molecular formula is C14H19N3O3. The highest BCUT2D eigenvalue weighted by molar-refractivity contribution is 5.68. The van der Waals surface area contributed by atoms with Gasteiger partial charge in [0.15, 0.2) is 5.75 Å². The van der Waals surface area contributed by atoms with Crippen molar-refractivity contribution in [1.82, 2.24) is 4.90 Å². The van der Waals surface area contributed by atoms with Crippen LogP contribution in [-0.2, 0) is 0 Å². The molecule has 0 spiro atoms. The number of anilines is 1. The summed E-state index contributed by atoms with van der Waals surface area (Å²) in [5.41, 5.74) is 0.597. The van der Waals surface area contributed by atoms with Gasteiger partial charge in [-0.05, 0) is 44.0 Å². The lowest BCUT2D eigenvalue weighted by molar-refractivity contribution is -0.384. The lowest BCUT2D eigenvalue weighted by Gasteiger charge is -2.45. The minimum Gasteiger partial charge on any atom is -0.490 e. The van der Waals surface area contributed by atoms with Gasteiger partial charge in [-0.25, -0.2) is 0 Å². The third-order valence-corrected chi connectivity index (χ3v) is 4.40. The summed E-state index contributed by atoms with van der Waals surface area (Å²) < 4.78 is 5.11. The van der Waals surface area contributed by atoms with Gasteiger partial charge in [0, 0.05) is 12.6 Å². The molecule has 1 atom stereocenters. The molecule has 4 rings (SSSR count). The summed E-state index contributed by atoms with van der Waals surface area (Å²) in [6, 6.07) is 5.47. The van der Waals surface area contributed by atoms with Gasteiger partial charge >= 0.3 is 5.69 Å². The van der Waals surface area contributed by atoms with E-state index in [2.05, 4.69) is 10.2 Å². The quantitative estimate of drug-likeness (QED) is 0.674. The molecule has 108 valence electrons. The Morgan fingerprint density at radius 2 is 2.15 bits per heavy atom. The molecule has 6 heteroatoms. The van der Waals surface area contributed by atoms with Crippen molar-refractivity contribution in [2.45, 2.75) is 18.9 Å². The van der Waals surface area contributed by atoms with Crippen LogP contribution >= 0.6 is 0 Å². The van der Waals surface area contributed by atoms with Crippen LogP contribution in [0.4, 0.5) is 11.4 Å². The van der Waals surface area contributed by atoms with Crippen molar-refractivity contribution in [3.8, 4) is 5.75 Å². The second-order valence-corrected chi connectivity index (χ2v) is 5.50. The van der Waals surface area contributed by atoms with Gasteiger partial charge in [0.1, 0.15) is 5.69 Å². The second kappa shape index (κ2) is 5.28. The molecule has 3 saturated heterocycles. The number of ether oxygens (including phenoxy) is 1. The molecule has 1 unspecified atom stereocenters. The Bertz CT molecular complexity index is 512. The number of nitro groups is 1. The van der Waals surface area contributed by atoms with Crippen LogP contribution in [0.1, 0.15) is 12.8 Å². The van der Waals surface area contributed by atoms with E-state index in [1.165, 1.54) is 20.0 Å². The molecule has 3 heterocycles. The predicted octanol–water partition coefficient (Wildman–Crippen LogP) is 2.11. The summed E-state index contributed by atoms with van der Waals surface area (Å²) >= 11 is 0. The van der Waals surface area contributed by atoms with E-state index in [1.54, 1.807) is 18.2 Å². The van der Waals surface area contributed by atoms with Crippen molar-refractivity contribution in [1.29, 1.82) is 0 Å². The molecule has 0 aliphatic carbocycles. The van der Waals surface area contributed by atoms with Crippen molar-refractivity contribution in [3.63, 3.8) is 0 Å². The van der Waals surface area contributed by atoms with E-state index >= 15 is 0 Å².